The number of ether oxygens (including phenoxy) is 1. The van der Waals surface area contributed by atoms with Crippen LogP contribution in [-0.2, 0) is 16.0 Å². The highest BCUT2D eigenvalue weighted by atomic mass is 19.1. The number of anilines is 2. The van der Waals surface area contributed by atoms with Gasteiger partial charge in [-0.05, 0) is 74.7 Å². The number of hydrogen-bond donors (Lipinski definition) is 0. The Balaban J connectivity index is 1.55. The molecule has 8 nitrogen and oxygen atoms in total. The van der Waals surface area contributed by atoms with Crippen molar-refractivity contribution in [2.75, 3.05) is 29.5 Å². The number of aromatic nitrogens is 2. The van der Waals surface area contributed by atoms with E-state index in [9.17, 15) is 18.8 Å². The van der Waals surface area contributed by atoms with Crippen molar-refractivity contribution in [3.8, 4) is 5.69 Å². The van der Waals surface area contributed by atoms with Gasteiger partial charge < -0.3 is 14.5 Å². The number of carbonyl (C=O) groups excluding carboxylic acids is 3. The number of halogens is 1. The Kier molecular flexibility index (Phi) is 5.84. The molecule has 0 spiro atoms. The van der Waals surface area contributed by atoms with Crippen LogP contribution in [0.3, 0.4) is 0 Å². The molecular formula is C26H25FN4O4. The number of esters is 1. The molecule has 2 aliphatic rings. The summed E-state index contributed by atoms with van der Waals surface area (Å²) in [6.07, 6.45) is 1.79. The molecule has 0 unspecified atom stereocenters. The SMILES string of the molecule is CCOC(=O)c1nn(-c2ccc(F)cc2)c2c1CCN(c1ccc(N3CCCC3=O)cc1C)C2=O. The Morgan fingerprint density at radius 2 is 1.77 bits per heavy atom. The highest BCUT2D eigenvalue weighted by molar-refractivity contribution is 6.09. The van der Waals surface area contributed by atoms with Crippen LogP contribution in [0.2, 0.25) is 0 Å². The van der Waals surface area contributed by atoms with Crippen LogP contribution < -0.4 is 9.80 Å². The summed E-state index contributed by atoms with van der Waals surface area (Å²) in [4.78, 5) is 42.0. The summed E-state index contributed by atoms with van der Waals surface area (Å²) in [7, 11) is 0. The molecule has 2 aliphatic heterocycles. The Labute approximate surface area is 201 Å². The van der Waals surface area contributed by atoms with E-state index in [1.807, 2.05) is 25.1 Å². The lowest BCUT2D eigenvalue weighted by molar-refractivity contribution is -0.117. The molecule has 1 saturated heterocycles. The molecule has 0 aliphatic carbocycles. The Bertz CT molecular complexity index is 1330. The quantitative estimate of drug-likeness (QED) is 0.523. The van der Waals surface area contributed by atoms with Crippen LogP contribution in [-0.4, -0.2) is 47.3 Å². The van der Waals surface area contributed by atoms with Crippen LogP contribution in [0.5, 0.6) is 0 Å². The summed E-state index contributed by atoms with van der Waals surface area (Å²) in [5.41, 5.74) is 3.74. The maximum Gasteiger partial charge on any atom is 0.359 e. The minimum Gasteiger partial charge on any atom is -0.461 e. The lowest BCUT2D eigenvalue weighted by Gasteiger charge is -2.29. The zero-order chi connectivity index (χ0) is 24.7. The van der Waals surface area contributed by atoms with Gasteiger partial charge in [-0.25, -0.2) is 13.9 Å². The molecule has 0 radical (unpaired) electrons. The molecule has 2 aromatic carbocycles. The van der Waals surface area contributed by atoms with Crippen molar-refractivity contribution in [2.24, 2.45) is 0 Å². The molecule has 1 aromatic heterocycles. The maximum atomic E-state index is 13.8. The van der Waals surface area contributed by atoms with Gasteiger partial charge in [0, 0.05) is 36.4 Å². The summed E-state index contributed by atoms with van der Waals surface area (Å²) in [5.74, 6) is -1.22. The molecule has 35 heavy (non-hydrogen) atoms. The van der Waals surface area contributed by atoms with Crippen molar-refractivity contribution in [3.05, 3.63) is 70.8 Å². The molecule has 0 N–H and O–H groups in total. The maximum absolute atomic E-state index is 13.8. The van der Waals surface area contributed by atoms with Crippen molar-refractivity contribution in [1.82, 2.24) is 9.78 Å². The fourth-order valence-electron chi connectivity index (χ4n) is 4.75. The monoisotopic (exact) mass is 476 g/mol. The van der Waals surface area contributed by atoms with Crippen LogP contribution in [0.25, 0.3) is 5.69 Å². The molecule has 3 aromatic rings. The number of fused-ring (bicyclic) bond motifs is 1. The second kappa shape index (κ2) is 8.98. The van der Waals surface area contributed by atoms with Gasteiger partial charge in [-0.3, -0.25) is 9.59 Å². The summed E-state index contributed by atoms with van der Waals surface area (Å²) >= 11 is 0. The lowest BCUT2D eigenvalue weighted by Crippen LogP contribution is -2.39. The number of amides is 2. The predicted octanol–water partition coefficient (Wildman–Crippen LogP) is 3.83. The molecule has 5 rings (SSSR count). The highest BCUT2D eigenvalue weighted by Gasteiger charge is 2.36. The average Bonchev–Trinajstić information content (AvgIpc) is 3.45. The fraction of sp³-hybridized carbons (Fsp3) is 0.308. The minimum absolute atomic E-state index is 0.0961. The standard InChI is InChI=1S/C26H25FN4O4/c1-3-35-26(34)23-20-12-14-30(21-11-10-19(15-16(21)2)29-13-4-5-22(29)32)25(33)24(20)31(28-23)18-8-6-17(27)7-9-18/h6-11,15H,3-5,12-14H2,1-2H3. The van der Waals surface area contributed by atoms with E-state index in [0.29, 0.717) is 37.2 Å². The molecular weight excluding hydrogens is 451 g/mol. The third kappa shape index (κ3) is 3.96. The summed E-state index contributed by atoms with van der Waals surface area (Å²) in [6.45, 7) is 4.84. The first-order valence-electron chi connectivity index (χ1n) is 11.7. The van der Waals surface area contributed by atoms with E-state index in [4.69, 9.17) is 4.74 Å². The third-order valence-electron chi connectivity index (χ3n) is 6.41. The van der Waals surface area contributed by atoms with Gasteiger partial charge in [-0.15, -0.1) is 0 Å². The normalized spacial score (nSPS) is 15.5. The van der Waals surface area contributed by atoms with Crippen molar-refractivity contribution in [3.63, 3.8) is 0 Å². The molecule has 180 valence electrons. The van der Waals surface area contributed by atoms with Crippen LogP contribution >= 0.6 is 0 Å². The van der Waals surface area contributed by atoms with E-state index < -0.39 is 11.8 Å². The van der Waals surface area contributed by atoms with Crippen molar-refractivity contribution in [1.29, 1.82) is 0 Å². The van der Waals surface area contributed by atoms with E-state index in [1.54, 1.807) is 16.7 Å². The smallest absolute Gasteiger partial charge is 0.359 e. The number of benzene rings is 2. The zero-order valence-corrected chi connectivity index (χ0v) is 19.6. The van der Waals surface area contributed by atoms with Crippen LogP contribution in [0.15, 0.2) is 42.5 Å². The largest absolute Gasteiger partial charge is 0.461 e. The Hall–Kier alpha value is -4.01. The van der Waals surface area contributed by atoms with Crippen LogP contribution in [0.1, 0.15) is 51.9 Å². The first-order valence-corrected chi connectivity index (χ1v) is 11.7. The molecule has 1 fully saturated rings. The van der Waals surface area contributed by atoms with Gasteiger partial charge in [0.25, 0.3) is 5.91 Å². The second-order valence-electron chi connectivity index (χ2n) is 8.61. The van der Waals surface area contributed by atoms with Gasteiger partial charge in [0.05, 0.1) is 12.3 Å². The molecule has 0 saturated carbocycles. The van der Waals surface area contributed by atoms with Crippen LogP contribution in [0, 0.1) is 12.7 Å². The predicted molar refractivity (Wildman–Crippen MR) is 128 cm³/mol. The molecule has 3 heterocycles. The topological polar surface area (TPSA) is 84.7 Å². The van der Waals surface area contributed by atoms with E-state index in [1.165, 1.54) is 28.9 Å². The van der Waals surface area contributed by atoms with Crippen molar-refractivity contribution in [2.45, 2.75) is 33.1 Å². The van der Waals surface area contributed by atoms with Crippen molar-refractivity contribution >= 4 is 29.2 Å². The number of carbonyl (C=O) groups is 3. The van der Waals surface area contributed by atoms with E-state index in [2.05, 4.69) is 5.10 Å². The highest BCUT2D eigenvalue weighted by Crippen LogP contribution is 2.33. The van der Waals surface area contributed by atoms with Gasteiger partial charge in [0.2, 0.25) is 5.91 Å². The van der Waals surface area contributed by atoms with E-state index >= 15 is 0 Å². The van der Waals surface area contributed by atoms with Crippen LogP contribution in [0.4, 0.5) is 15.8 Å². The zero-order valence-electron chi connectivity index (χ0n) is 19.6. The molecule has 0 atom stereocenters. The number of rotatable bonds is 5. The fourth-order valence-corrected chi connectivity index (χ4v) is 4.75. The molecule has 0 bridgehead atoms. The number of aryl methyl sites for hydroxylation is 1. The van der Waals surface area contributed by atoms with Crippen molar-refractivity contribution < 1.29 is 23.5 Å². The van der Waals surface area contributed by atoms with Gasteiger partial charge in [-0.2, -0.15) is 5.10 Å². The first-order chi connectivity index (χ1) is 16.9. The average molecular weight is 477 g/mol. The van der Waals surface area contributed by atoms with E-state index in [0.717, 1.165) is 23.4 Å². The third-order valence-corrected chi connectivity index (χ3v) is 6.41. The van der Waals surface area contributed by atoms with E-state index in [-0.39, 0.29) is 29.8 Å². The van der Waals surface area contributed by atoms with Gasteiger partial charge >= 0.3 is 5.97 Å². The Morgan fingerprint density at radius 3 is 2.43 bits per heavy atom. The first kappa shape index (κ1) is 22.8. The molecule has 2 amide bonds. The summed E-state index contributed by atoms with van der Waals surface area (Å²) < 4.78 is 20.1. The summed E-state index contributed by atoms with van der Waals surface area (Å²) in [6, 6.07) is 11.2. The minimum atomic E-state index is -0.596. The number of hydrogen-bond acceptors (Lipinski definition) is 5. The Morgan fingerprint density at radius 1 is 1.03 bits per heavy atom. The van der Waals surface area contributed by atoms with Gasteiger partial charge in [0.15, 0.2) is 5.69 Å². The molecule has 9 heteroatoms. The lowest BCUT2D eigenvalue weighted by atomic mass is 10.0. The summed E-state index contributed by atoms with van der Waals surface area (Å²) in [5, 5.41) is 4.41. The van der Waals surface area contributed by atoms with Gasteiger partial charge in [0.1, 0.15) is 11.5 Å². The second-order valence-corrected chi connectivity index (χ2v) is 8.61. The number of nitrogens with zero attached hydrogens (tertiary/aromatic N) is 4. The van der Waals surface area contributed by atoms with Gasteiger partial charge in [-0.1, -0.05) is 0 Å².